The molecule has 1 fully saturated rings. The van der Waals surface area contributed by atoms with Gasteiger partial charge in [0.2, 0.25) is 18.1 Å². The van der Waals surface area contributed by atoms with Crippen molar-refractivity contribution in [2.45, 2.75) is 24.0 Å². The average Bonchev–Trinajstić information content (AvgIpc) is 3.26. The molecule has 1 N–H and O–H groups in total. The Hall–Kier alpha value is -5.92. The SMILES string of the molecule is [N-]=[N+]=N[C@]1(COC(=O)c2ccccc2)O[C@@H](n2ccc(NC(=O)c3ccccc3)nc2=O)C(F)(F)[C@@H]1OC(=O)c1ccccc1. The number of aromatic nitrogens is 2. The molecule has 1 aromatic heterocycles. The molecule has 0 saturated carbocycles. The van der Waals surface area contributed by atoms with Crippen molar-refractivity contribution in [2.24, 2.45) is 5.11 Å². The molecule has 228 valence electrons. The Morgan fingerprint density at radius 2 is 1.47 bits per heavy atom. The zero-order chi connectivity index (χ0) is 32.0. The summed E-state index contributed by atoms with van der Waals surface area (Å²) in [4.78, 5) is 57.3. The van der Waals surface area contributed by atoms with Gasteiger partial charge in [-0.1, -0.05) is 59.7 Å². The first-order valence-corrected chi connectivity index (χ1v) is 13.2. The highest BCUT2D eigenvalue weighted by Gasteiger charge is 2.70. The van der Waals surface area contributed by atoms with E-state index < -0.39 is 54.1 Å². The van der Waals surface area contributed by atoms with Crippen LogP contribution in [0.25, 0.3) is 10.4 Å². The molecule has 2 heterocycles. The van der Waals surface area contributed by atoms with E-state index in [1.165, 1.54) is 60.7 Å². The summed E-state index contributed by atoms with van der Waals surface area (Å²) >= 11 is 0. The summed E-state index contributed by atoms with van der Waals surface area (Å²) in [5.74, 6) is -7.35. The van der Waals surface area contributed by atoms with Crippen molar-refractivity contribution in [3.05, 3.63) is 141 Å². The lowest BCUT2D eigenvalue weighted by molar-refractivity contribution is -0.145. The van der Waals surface area contributed by atoms with Gasteiger partial charge in [0.1, 0.15) is 12.4 Å². The molecule has 1 aliphatic heterocycles. The molecule has 13 nitrogen and oxygen atoms in total. The average molecular weight is 617 g/mol. The number of carbonyl (C=O) groups excluding carboxylic acids is 3. The van der Waals surface area contributed by atoms with Gasteiger partial charge < -0.3 is 19.5 Å². The third kappa shape index (κ3) is 6.39. The van der Waals surface area contributed by atoms with Crippen molar-refractivity contribution >= 4 is 23.7 Å². The Bertz CT molecular complexity index is 1820. The Balaban J connectivity index is 1.49. The fourth-order valence-corrected chi connectivity index (χ4v) is 4.48. The maximum absolute atomic E-state index is 16.2. The van der Waals surface area contributed by atoms with Gasteiger partial charge in [0.05, 0.1) is 11.1 Å². The van der Waals surface area contributed by atoms with Gasteiger partial charge in [-0.15, -0.1) is 0 Å². The smallest absolute Gasteiger partial charge is 0.351 e. The van der Waals surface area contributed by atoms with Crippen LogP contribution in [0.15, 0.2) is 113 Å². The summed E-state index contributed by atoms with van der Waals surface area (Å²) in [6, 6.07) is 23.6. The number of amides is 1. The number of ether oxygens (including phenoxy) is 3. The normalized spacial score (nSPS) is 20.0. The van der Waals surface area contributed by atoms with Crippen molar-refractivity contribution in [1.29, 1.82) is 0 Å². The lowest BCUT2D eigenvalue weighted by Crippen LogP contribution is -2.51. The molecule has 0 aliphatic carbocycles. The number of benzene rings is 3. The molecule has 1 amide bonds. The first kappa shape index (κ1) is 30.5. The Morgan fingerprint density at radius 3 is 2.02 bits per heavy atom. The van der Waals surface area contributed by atoms with Gasteiger partial charge in [-0.25, -0.2) is 14.4 Å². The summed E-state index contributed by atoms with van der Waals surface area (Å²) < 4.78 is 48.7. The standard InChI is InChI=1S/C30H22F2N6O7/c31-30(32)26(44-25(41)21-14-8-3-9-15-21)29(36-37-33,18-43-24(40)20-12-6-2-7-13-20)45-27(30)38-17-16-22(35-28(38)42)34-23(39)19-10-4-1-5-11-19/h1-17,26-27H,18H2,(H,34,35,39,42)/t26-,27-,29-/m1/s1. The van der Waals surface area contributed by atoms with Crippen LogP contribution in [0.2, 0.25) is 0 Å². The summed E-state index contributed by atoms with van der Waals surface area (Å²) in [7, 11) is 0. The molecule has 3 aromatic carbocycles. The molecule has 4 aromatic rings. The highest BCUT2D eigenvalue weighted by atomic mass is 19.3. The first-order valence-electron chi connectivity index (χ1n) is 13.2. The number of carbonyl (C=O) groups is 3. The van der Waals surface area contributed by atoms with Gasteiger partial charge in [-0.05, 0) is 48.0 Å². The van der Waals surface area contributed by atoms with E-state index in [0.717, 1.165) is 12.3 Å². The van der Waals surface area contributed by atoms with Crippen LogP contribution < -0.4 is 11.0 Å². The largest absolute Gasteiger partial charge is 0.459 e. The molecule has 45 heavy (non-hydrogen) atoms. The number of hydrogen-bond donors (Lipinski definition) is 1. The maximum Gasteiger partial charge on any atom is 0.351 e. The van der Waals surface area contributed by atoms with Gasteiger partial charge in [-0.3, -0.25) is 9.36 Å². The molecular formula is C30H22F2N6O7. The molecule has 0 unspecified atom stereocenters. The summed E-state index contributed by atoms with van der Waals surface area (Å²) in [6.45, 7) is -1.13. The molecule has 5 rings (SSSR count). The van der Waals surface area contributed by atoms with E-state index in [1.807, 2.05) is 0 Å². The van der Waals surface area contributed by atoms with Gasteiger partial charge in [0, 0.05) is 16.7 Å². The highest BCUT2D eigenvalue weighted by molar-refractivity contribution is 6.03. The highest BCUT2D eigenvalue weighted by Crippen LogP contribution is 2.50. The fourth-order valence-electron chi connectivity index (χ4n) is 4.48. The second-order valence-electron chi connectivity index (χ2n) is 9.60. The quantitative estimate of drug-likeness (QED) is 0.121. The van der Waals surface area contributed by atoms with E-state index in [1.54, 1.807) is 30.3 Å². The van der Waals surface area contributed by atoms with Crippen molar-refractivity contribution in [2.75, 3.05) is 11.9 Å². The monoisotopic (exact) mass is 616 g/mol. The maximum atomic E-state index is 16.2. The van der Waals surface area contributed by atoms with Crippen LogP contribution in [0.3, 0.4) is 0 Å². The number of nitrogens with zero attached hydrogens (tertiary/aromatic N) is 5. The number of rotatable bonds is 9. The van der Waals surface area contributed by atoms with E-state index in [9.17, 15) is 24.7 Å². The number of azide groups is 1. The number of alkyl halides is 2. The topological polar surface area (TPSA) is 175 Å². The zero-order valence-corrected chi connectivity index (χ0v) is 23.0. The number of hydrogen-bond acceptors (Lipinski definition) is 9. The predicted octanol–water partition coefficient (Wildman–Crippen LogP) is 4.75. The minimum atomic E-state index is -4.27. The number of nitrogens with one attached hydrogen (secondary N) is 1. The van der Waals surface area contributed by atoms with E-state index in [4.69, 9.17) is 14.2 Å². The van der Waals surface area contributed by atoms with Gasteiger partial charge in [-0.2, -0.15) is 13.8 Å². The first-order chi connectivity index (χ1) is 21.6. The molecule has 1 saturated heterocycles. The number of halogens is 2. The third-order valence-corrected chi connectivity index (χ3v) is 6.63. The molecule has 0 radical (unpaired) electrons. The van der Waals surface area contributed by atoms with Crippen molar-refractivity contribution in [3.8, 4) is 0 Å². The Kier molecular flexibility index (Phi) is 8.65. The van der Waals surface area contributed by atoms with Crippen LogP contribution in [0, 0.1) is 0 Å². The van der Waals surface area contributed by atoms with Gasteiger partial charge >= 0.3 is 23.6 Å². The van der Waals surface area contributed by atoms with Gasteiger partial charge in [0.15, 0.2) is 0 Å². The lowest BCUT2D eigenvalue weighted by atomic mass is 10.0. The Morgan fingerprint density at radius 1 is 0.911 bits per heavy atom. The van der Waals surface area contributed by atoms with E-state index in [0.29, 0.717) is 4.57 Å². The molecular weight excluding hydrogens is 594 g/mol. The van der Waals surface area contributed by atoms with E-state index >= 15 is 8.78 Å². The van der Waals surface area contributed by atoms with Crippen LogP contribution in [-0.2, 0) is 14.2 Å². The summed E-state index contributed by atoms with van der Waals surface area (Å²) in [5.41, 5.74) is 5.41. The molecule has 15 heteroatoms. The second-order valence-corrected chi connectivity index (χ2v) is 9.60. The predicted molar refractivity (Wildman–Crippen MR) is 152 cm³/mol. The minimum absolute atomic E-state index is 0.0429. The number of anilines is 1. The fraction of sp³-hybridized carbons (Fsp3) is 0.167. The molecule has 0 spiro atoms. The zero-order valence-electron chi connectivity index (χ0n) is 23.0. The summed E-state index contributed by atoms with van der Waals surface area (Å²) in [5, 5.41) is 5.76. The molecule has 3 atom stereocenters. The third-order valence-electron chi connectivity index (χ3n) is 6.63. The Labute approximate surface area is 252 Å². The number of esters is 2. The van der Waals surface area contributed by atoms with Crippen molar-refractivity contribution in [1.82, 2.24) is 9.55 Å². The van der Waals surface area contributed by atoms with Crippen LogP contribution in [0.1, 0.15) is 37.3 Å². The minimum Gasteiger partial charge on any atom is -0.459 e. The van der Waals surface area contributed by atoms with E-state index in [-0.39, 0.29) is 22.5 Å². The van der Waals surface area contributed by atoms with E-state index in [2.05, 4.69) is 20.3 Å². The van der Waals surface area contributed by atoms with Crippen LogP contribution in [0.5, 0.6) is 0 Å². The second kappa shape index (κ2) is 12.8. The molecule has 0 bridgehead atoms. The summed E-state index contributed by atoms with van der Waals surface area (Å²) in [6.07, 6.45) is -4.38. The lowest BCUT2D eigenvalue weighted by Gasteiger charge is -2.29. The van der Waals surface area contributed by atoms with Crippen molar-refractivity contribution < 1.29 is 37.4 Å². The van der Waals surface area contributed by atoms with Crippen LogP contribution in [-0.4, -0.2) is 51.8 Å². The van der Waals surface area contributed by atoms with Crippen LogP contribution >= 0.6 is 0 Å². The molecule has 1 aliphatic rings. The van der Waals surface area contributed by atoms with Crippen molar-refractivity contribution in [3.63, 3.8) is 0 Å². The van der Waals surface area contributed by atoms with Crippen LogP contribution in [0.4, 0.5) is 14.6 Å². The van der Waals surface area contributed by atoms with Gasteiger partial charge in [0.25, 0.3) is 5.91 Å².